The van der Waals surface area contributed by atoms with Crippen LogP contribution in [0.5, 0.6) is 0 Å². The summed E-state index contributed by atoms with van der Waals surface area (Å²) in [5.74, 6) is 1.64. The summed E-state index contributed by atoms with van der Waals surface area (Å²) in [5, 5.41) is 0. The van der Waals surface area contributed by atoms with Gasteiger partial charge in [0.15, 0.2) is 5.78 Å². The molecule has 0 aliphatic rings. The van der Waals surface area contributed by atoms with E-state index in [0.717, 1.165) is 25.2 Å². The maximum Gasteiger partial charge on any atom is 0.161 e. The van der Waals surface area contributed by atoms with Gasteiger partial charge in [-0.2, -0.15) is 0 Å². The summed E-state index contributed by atoms with van der Waals surface area (Å²) in [6.45, 7) is 11.4. The number of anilines is 1. The molecule has 0 radical (unpaired) electrons. The Labute approximate surface area is 117 Å². The van der Waals surface area contributed by atoms with Gasteiger partial charge in [-0.15, -0.1) is 0 Å². The summed E-state index contributed by atoms with van der Waals surface area (Å²) in [4.78, 5) is 18.1. The molecule has 0 saturated heterocycles. The van der Waals surface area contributed by atoms with Crippen LogP contribution in [0.25, 0.3) is 0 Å². The predicted molar refractivity (Wildman–Crippen MR) is 80.8 cm³/mol. The van der Waals surface area contributed by atoms with Crippen molar-refractivity contribution < 1.29 is 4.79 Å². The molecule has 0 aromatic carbocycles. The highest BCUT2D eigenvalue weighted by molar-refractivity contribution is 5.93. The lowest BCUT2D eigenvalue weighted by Gasteiger charge is -2.33. The van der Waals surface area contributed by atoms with Crippen molar-refractivity contribution in [1.29, 1.82) is 0 Å². The van der Waals surface area contributed by atoms with E-state index in [4.69, 9.17) is 0 Å². The number of hydrogen-bond acceptors (Lipinski definition) is 3. The number of pyridine rings is 1. The topological polar surface area (TPSA) is 33.2 Å². The summed E-state index contributed by atoms with van der Waals surface area (Å²) < 4.78 is 0. The Hall–Kier alpha value is -1.38. The van der Waals surface area contributed by atoms with Crippen LogP contribution in [0.3, 0.4) is 0 Å². The normalized spacial score (nSPS) is 11.1. The zero-order valence-electron chi connectivity index (χ0n) is 12.8. The molecule has 1 heterocycles. The third kappa shape index (κ3) is 4.34. The van der Waals surface area contributed by atoms with Gasteiger partial charge in [0.1, 0.15) is 5.82 Å². The molecule has 0 N–H and O–H groups in total. The number of rotatable bonds is 7. The third-order valence-corrected chi connectivity index (χ3v) is 3.39. The minimum absolute atomic E-state index is 0.0667. The minimum atomic E-state index is 0.0667. The maximum atomic E-state index is 11.3. The van der Waals surface area contributed by atoms with Gasteiger partial charge in [0.05, 0.1) is 0 Å². The second kappa shape index (κ2) is 7.27. The van der Waals surface area contributed by atoms with Gasteiger partial charge in [-0.25, -0.2) is 4.98 Å². The monoisotopic (exact) mass is 262 g/mol. The summed E-state index contributed by atoms with van der Waals surface area (Å²) in [7, 11) is 0. The summed E-state index contributed by atoms with van der Waals surface area (Å²) in [6.07, 6.45) is 3.91. The highest BCUT2D eigenvalue weighted by Crippen LogP contribution is 2.20. The molecule has 1 rings (SSSR count). The Morgan fingerprint density at radius 1 is 1.26 bits per heavy atom. The van der Waals surface area contributed by atoms with Crippen LogP contribution in [-0.2, 0) is 0 Å². The molecule has 19 heavy (non-hydrogen) atoms. The van der Waals surface area contributed by atoms with Gasteiger partial charge in [-0.1, -0.05) is 27.7 Å². The lowest BCUT2D eigenvalue weighted by Crippen LogP contribution is -2.38. The van der Waals surface area contributed by atoms with Crippen molar-refractivity contribution in [2.24, 2.45) is 5.92 Å². The molecule has 0 amide bonds. The van der Waals surface area contributed by atoms with Crippen LogP contribution in [0.4, 0.5) is 5.82 Å². The molecule has 0 unspecified atom stereocenters. The molecular formula is C16H26N2O. The van der Waals surface area contributed by atoms with E-state index in [9.17, 15) is 4.79 Å². The fraction of sp³-hybridized carbons (Fsp3) is 0.625. The van der Waals surface area contributed by atoms with Crippen LogP contribution >= 0.6 is 0 Å². The fourth-order valence-electron chi connectivity index (χ4n) is 2.32. The molecule has 0 saturated carbocycles. The molecule has 3 heteroatoms. The first-order valence-electron chi connectivity index (χ1n) is 7.23. The summed E-state index contributed by atoms with van der Waals surface area (Å²) in [6, 6.07) is 4.36. The molecule has 0 bridgehead atoms. The number of nitrogens with zero attached hydrogens (tertiary/aromatic N) is 2. The Balaban J connectivity index is 2.99. The van der Waals surface area contributed by atoms with E-state index in [2.05, 4.69) is 37.6 Å². The van der Waals surface area contributed by atoms with Crippen LogP contribution in [0.2, 0.25) is 0 Å². The molecule has 0 spiro atoms. The summed E-state index contributed by atoms with van der Waals surface area (Å²) in [5.41, 5.74) is 0.679. The third-order valence-electron chi connectivity index (χ3n) is 3.39. The zero-order chi connectivity index (χ0) is 14.4. The van der Waals surface area contributed by atoms with E-state index in [1.165, 1.54) is 0 Å². The molecule has 0 aliphatic heterocycles. The quantitative estimate of drug-likeness (QED) is 0.698. The van der Waals surface area contributed by atoms with Gasteiger partial charge in [-0.05, 0) is 37.8 Å². The van der Waals surface area contributed by atoms with Crippen molar-refractivity contribution in [3.63, 3.8) is 0 Å². The van der Waals surface area contributed by atoms with Crippen LogP contribution in [0.1, 0.15) is 57.8 Å². The molecule has 106 valence electrons. The molecule has 0 fully saturated rings. The average Bonchev–Trinajstić information content (AvgIpc) is 2.38. The number of aromatic nitrogens is 1. The van der Waals surface area contributed by atoms with Gasteiger partial charge in [0.25, 0.3) is 0 Å². The van der Waals surface area contributed by atoms with E-state index < -0.39 is 0 Å². The van der Waals surface area contributed by atoms with Crippen molar-refractivity contribution in [2.45, 2.75) is 53.5 Å². The first kappa shape index (κ1) is 15.7. The van der Waals surface area contributed by atoms with Crippen LogP contribution in [0.15, 0.2) is 18.3 Å². The highest BCUT2D eigenvalue weighted by Gasteiger charge is 2.18. The molecule has 0 atom stereocenters. The predicted octanol–water partition coefficient (Wildman–Crippen LogP) is 3.94. The Kier molecular flexibility index (Phi) is 6.00. The molecule has 0 aliphatic carbocycles. The maximum absolute atomic E-state index is 11.3. The van der Waals surface area contributed by atoms with Crippen LogP contribution in [0, 0.1) is 5.92 Å². The Bertz CT molecular complexity index is 394. The van der Waals surface area contributed by atoms with Crippen molar-refractivity contribution in [3.8, 4) is 0 Å². The highest BCUT2D eigenvalue weighted by atomic mass is 16.1. The number of carbonyl (C=O) groups is 1. The van der Waals surface area contributed by atoms with Gasteiger partial charge in [-0.3, -0.25) is 4.79 Å². The standard InChI is InChI=1S/C16H26N2O/c1-6-15(7-2)18(11-12(3)4)16-9-8-14(10-17-16)13(5)19/h8-10,12,15H,6-7,11H2,1-5H3. The van der Waals surface area contributed by atoms with E-state index in [1.54, 1.807) is 13.1 Å². The average molecular weight is 262 g/mol. The van der Waals surface area contributed by atoms with E-state index in [-0.39, 0.29) is 5.78 Å². The van der Waals surface area contributed by atoms with E-state index >= 15 is 0 Å². The SMILES string of the molecule is CCC(CC)N(CC(C)C)c1ccc(C(C)=O)cn1. The van der Waals surface area contributed by atoms with Crippen molar-refractivity contribution in [1.82, 2.24) is 4.98 Å². The minimum Gasteiger partial charge on any atom is -0.353 e. The zero-order valence-corrected chi connectivity index (χ0v) is 12.8. The van der Waals surface area contributed by atoms with Crippen LogP contribution in [-0.4, -0.2) is 23.4 Å². The van der Waals surface area contributed by atoms with Crippen molar-refractivity contribution in [2.75, 3.05) is 11.4 Å². The molecule has 3 nitrogen and oxygen atoms in total. The molecule has 1 aromatic heterocycles. The molecule has 1 aromatic rings. The molecular weight excluding hydrogens is 236 g/mol. The van der Waals surface area contributed by atoms with Crippen LogP contribution < -0.4 is 4.90 Å². The Morgan fingerprint density at radius 3 is 2.26 bits per heavy atom. The first-order valence-corrected chi connectivity index (χ1v) is 7.23. The fourth-order valence-corrected chi connectivity index (χ4v) is 2.32. The van der Waals surface area contributed by atoms with Gasteiger partial charge in [0, 0.05) is 24.3 Å². The summed E-state index contributed by atoms with van der Waals surface area (Å²) >= 11 is 0. The van der Waals surface area contributed by atoms with Crippen molar-refractivity contribution in [3.05, 3.63) is 23.9 Å². The lowest BCUT2D eigenvalue weighted by atomic mass is 10.1. The van der Waals surface area contributed by atoms with Gasteiger partial charge >= 0.3 is 0 Å². The second-order valence-electron chi connectivity index (χ2n) is 5.48. The second-order valence-corrected chi connectivity index (χ2v) is 5.48. The van der Waals surface area contributed by atoms with Gasteiger partial charge < -0.3 is 4.90 Å². The van der Waals surface area contributed by atoms with E-state index in [0.29, 0.717) is 17.5 Å². The van der Waals surface area contributed by atoms with Crippen molar-refractivity contribution >= 4 is 11.6 Å². The van der Waals surface area contributed by atoms with E-state index in [1.807, 2.05) is 12.1 Å². The number of ketones is 1. The largest absolute Gasteiger partial charge is 0.353 e. The first-order chi connectivity index (χ1) is 8.99. The number of carbonyl (C=O) groups excluding carboxylic acids is 1. The Morgan fingerprint density at radius 2 is 1.89 bits per heavy atom. The lowest BCUT2D eigenvalue weighted by molar-refractivity contribution is 0.101. The van der Waals surface area contributed by atoms with Gasteiger partial charge in [0.2, 0.25) is 0 Å². The number of hydrogen-bond donors (Lipinski definition) is 0. The smallest absolute Gasteiger partial charge is 0.161 e. The number of Topliss-reactive ketones (excluding diaryl/α,β-unsaturated/α-hetero) is 1.